The topological polar surface area (TPSA) is 38.8 Å². The van der Waals surface area contributed by atoms with Crippen molar-refractivity contribution in [2.24, 2.45) is 0 Å². The second-order valence-electron chi connectivity index (χ2n) is 4.36. The van der Waals surface area contributed by atoms with Crippen molar-refractivity contribution in [1.29, 1.82) is 0 Å². The molecule has 1 aliphatic rings. The van der Waals surface area contributed by atoms with E-state index < -0.39 is 0 Å². The van der Waals surface area contributed by atoms with Crippen LogP contribution in [-0.4, -0.2) is 49.1 Å². The van der Waals surface area contributed by atoms with Crippen LogP contribution in [0.5, 0.6) is 5.75 Å². The molecule has 104 valence electrons. The molecule has 0 aromatic heterocycles. The van der Waals surface area contributed by atoms with Crippen LogP contribution < -0.4 is 4.74 Å². The van der Waals surface area contributed by atoms with Crippen LogP contribution in [0.2, 0.25) is 0 Å². The Morgan fingerprint density at radius 2 is 2.21 bits per heavy atom. The molecule has 1 heterocycles. The Kier molecular flexibility index (Phi) is 5.05. The predicted molar refractivity (Wildman–Crippen MR) is 74.0 cm³/mol. The van der Waals surface area contributed by atoms with Crippen LogP contribution in [0.15, 0.2) is 24.3 Å². The third-order valence-corrected chi connectivity index (χ3v) is 3.35. The van der Waals surface area contributed by atoms with Crippen molar-refractivity contribution in [2.75, 3.05) is 32.2 Å². The van der Waals surface area contributed by atoms with Crippen molar-refractivity contribution in [2.45, 2.75) is 13.0 Å². The average Bonchev–Trinajstić information content (AvgIpc) is 2.48. The van der Waals surface area contributed by atoms with Gasteiger partial charge in [-0.2, -0.15) is 0 Å². The highest BCUT2D eigenvalue weighted by atomic mass is 35.5. The minimum atomic E-state index is -0.0675. The molecule has 5 heteroatoms. The molecule has 0 spiro atoms. The molecular weight excluding hydrogens is 266 g/mol. The number of halogens is 1. The minimum Gasteiger partial charge on any atom is -0.494 e. The maximum Gasteiger partial charge on any atom is 0.254 e. The SMILES string of the molecule is CCOc1ccc(C(=O)N2CCOC(CCl)C2)cc1. The number of carbonyl (C=O) groups is 1. The number of carbonyl (C=O) groups excluding carboxylic acids is 1. The Morgan fingerprint density at radius 3 is 2.84 bits per heavy atom. The van der Waals surface area contributed by atoms with E-state index in [1.165, 1.54) is 0 Å². The first-order valence-corrected chi connectivity index (χ1v) is 6.97. The highest BCUT2D eigenvalue weighted by Crippen LogP contribution is 2.15. The minimum absolute atomic E-state index is 0.0152. The molecule has 1 aliphatic heterocycles. The van der Waals surface area contributed by atoms with E-state index in [-0.39, 0.29) is 12.0 Å². The smallest absolute Gasteiger partial charge is 0.254 e. The van der Waals surface area contributed by atoms with Crippen molar-refractivity contribution in [3.63, 3.8) is 0 Å². The number of benzene rings is 1. The molecular formula is C14H18ClNO3. The molecule has 1 unspecified atom stereocenters. The molecule has 4 nitrogen and oxygen atoms in total. The van der Waals surface area contributed by atoms with Gasteiger partial charge < -0.3 is 14.4 Å². The van der Waals surface area contributed by atoms with Crippen molar-refractivity contribution in [3.05, 3.63) is 29.8 Å². The number of alkyl halides is 1. The van der Waals surface area contributed by atoms with Gasteiger partial charge in [0.2, 0.25) is 0 Å². The van der Waals surface area contributed by atoms with Gasteiger partial charge in [-0.25, -0.2) is 0 Å². The molecule has 1 amide bonds. The van der Waals surface area contributed by atoms with Gasteiger partial charge in [-0.15, -0.1) is 11.6 Å². The fourth-order valence-corrected chi connectivity index (χ4v) is 2.23. The van der Waals surface area contributed by atoms with E-state index in [0.717, 1.165) is 5.75 Å². The summed E-state index contributed by atoms with van der Waals surface area (Å²) in [7, 11) is 0. The summed E-state index contributed by atoms with van der Waals surface area (Å²) in [4.78, 5) is 14.1. The lowest BCUT2D eigenvalue weighted by Gasteiger charge is -2.32. The van der Waals surface area contributed by atoms with Gasteiger partial charge in [-0.05, 0) is 31.2 Å². The Bertz CT molecular complexity index is 421. The zero-order chi connectivity index (χ0) is 13.7. The van der Waals surface area contributed by atoms with E-state index in [0.29, 0.717) is 37.7 Å². The zero-order valence-corrected chi connectivity index (χ0v) is 11.7. The van der Waals surface area contributed by atoms with Gasteiger partial charge in [-0.3, -0.25) is 4.79 Å². The Balaban J connectivity index is 2.02. The standard InChI is InChI=1S/C14H18ClNO3/c1-2-18-12-5-3-11(4-6-12)14(17)16-7-8-19-13(9-15)10-16/h3-6,13H,2,7-10H2,1H3. The molecule has 1 atom stereocenters. The normalized spacial score (nSPS) is 19.3. The highest BCUT2D eigenvalue weighted by Gasteiger charge is 2.24. The lowest BCUT2D eigenvalue weighted by molar-refractivity contribution is -0.0108. The van der Waals surface area contributed by atoms with Gasteiger partial charge >= 0.3 is 0 Å². The summed E-state index contributed by atoms with van der Waals surface area (Å²) in [5, 5.41) is 0. The number of amides is 1. The maximum atomic E-state index is 12.3. The average molecular weight is 284 g/mol. The van der Waals surface area contributed by atoms with E-state index in [1.54, 1.807) is 17.0 Å². The highest BCUT2D eigenvalue weighted by molar-refractivity contribution is 6.18. The van der Waals surface area contributed by atoms with Gasteiger partial charge in [0, 0.05) is 18.7 Å². The van der Waals surface area contributed by atoms with Gasteiger partial charge in [0.15, 0.2) is 0 Å². The number of hydrogen-bond acceptors (Lipinski definition) is 3. The van der Waals surface area contributed by atoms with Crippen LogP contribution >= 0.6 is 11.6 Å². The van der Waals surface area contributed by atoms with Crippen molar-refractivity contribution < 1.29 is 14.3 Å². The van der Waals surface area contributed by atoms with E-state index in [4.69, 9.17) is 21.1 Å². The lowest BCUT2D eigenvalue weighted by atomic mass is 10.1. The van der Waals surface area contributed by atoms with Crippen LogP contribution in [0.25, 0.3) is 0 Å². The summed E-state index contributed by atoms with van der Waals surface area (Å²) < 4.78 is 10.8. The first-order chi connectivity index (χ1) is 9.24. The van der Waals surface area contributed by atoms with Gasteiger partial charge in [-0.1, -0.05) is 0 Å². The van der Waals surface area contributed by atoms with E-state index in [9.17, 15) is 4.79 Å². The van der Waals surface area contributed by atoms with Gasteiger partial charge in [0.25, 0.3) is 5.91 Å². The Morgan fingerprint density at radius 1 is 1.47 bits per heavy atom. The summed E-state index contributed by atoms with van der Waals surface area (Å²) in [6.07, 6.45) is -0.0675. The largest absolute Gasteiger partial charge is 0.494 e. The summed E-state index contributed by atoms with van der Waals surface area (Å²) in [5.41, 5.74) is 0.665. The summed E-state index contributed by atoms with van der Waals surface area (Å²) in [6.45, 7) is 4.25. The molecule has 19 heavy (non-hydrogen) atoms. The second-order valence-corrected chi connectivity index (χ2v) is 4.66. The Hall–Kier alpha value is -1.26. The fraction of sp³-hybridized carbons (Fsp3) is 0.500. The van der Waals surface area contributed by atoms with E-state index in [2.05, 4.69) is 0 Å². The lowest BCUT2D eigenvalue weighted by Crippen LogP contribution is -2.46. The molecule has 1 saturated heterocycles. The first kappa shape index (κ1) is 14.2. The number of hydrogen-bond donors (Lipinski definition) is 0. The van der Waals surface area contributed by atoms with Crippen molar-refractivity contribution in [3.8, 4) is 5.75 Å². The van der Waals surface area contributed by atoms with Crippen LogP contribution in [0.3, 0.4) is 0 Å². The number of ether oxygens (including phenoxy) is 2. The molecule has 1 aromatic rings. The quantitative estimate of drug-likeness (QED) is 0.795. The van der Waals surface area contributed by atoms with Gasteiger partial charge in [0.1, 0.15) is 5.75 Å². The molecule has 0 radical (unpaired) electrons. The molecule has 0 saturated carbocycles. The van der Waals surface area contributed by atoms with Crippen LogP contribution in [0.4, 0.5) is 0 Å². The number of nitrogens with zero attached hydrogens (tertiary/aromatic N) is 1. The molecule has 1 aromatic carbocycles. The van der Waals surface area contributed by atoms with E-state index in [1.807, 2.05) is 19.1 Å². The molecule has 0 bridgehead atoms. The number of morpholine rings is 1. The molecule has 0 aliphatic carbocycles. The van der Waals surface area contributed by atoms with Crippen LogP contribution in [-0.2, 0) is 4.74 Å². The fourth-order valence-electron chi connectivity index (χ4n) is 2.04. The number of rotatable bonds is 4. The molecule has 0 N–H and O–H groups in total. The second kappa shape index (κ2) is 6.78. The van der Waals surface area contributed by atoms with Gasteiger partial charge in [0.05, 0.1) is 25.2 Å². The third-order valence-electron chi connectivity index (χ3n) is 3.01. The predicted octanol–water partition coefficient (Wildman–Crippen LogP) is 2.17. The monoisotopic (exact) mass is 283 g/mol. The summed E-state index contributed by atoms with van der Waals surface area (Å²) in [6, 6.07) is 7.21. The van der Waals surface area contributed by atoms with E-state index >= 15 is 0 Å². The molecule has 2 rings (SSSR count). The van der Waals surface area contributed by atoms with Crippen LogP contribution in [0, 0.1) is 0 Å². The molecule has 1 fully saturated rings. The summed E-state index contributed by atoms with van der Waals surface area (Å²) >= 11 is 5.77. The summed E-state index contributed by atoms with van der Waals surface area (Å²) in [5.74, 6) is 1.20. The zero-order valence-electron chi connectivity index (χ0n) is 11.0. The third kappa shape index (κ3) is 3.61. The first-order valence-electron chi connectivity index (χ1n) is 6.44. The van der Waals surface area contributed by atoms with Crippen molar-refractivity contribution >= 4 is 17.5 Å². The van der Waals surface area contributed by atoms with Crippen molar-refractivity contribution in [1.82, 2.24) is 4.90 Å². The van der Waals surface area contributed by atoms with Crippen LogP contribution in [0.1, 0.15) is 17.3 Å². The Labute approximate surface area is 118 Å². The maximum absolute atomic E-state index is 12.3.